The van der Waals surface area contributed by atoms with Gasteiger partial charge in [0.05, 0.1) is 6.61 Å². The Kier molecular flexibility index (Phi) is 2.98. The molecule has 0 bridgehead atoms. The summed E-state index contributed by atoms with van der Waals surface area (Å²) < 4.78 is 4.97. The topological polar surface area (TPSA) is 35.0 Å². The number of aromatic nitrogens is 2. The summed E-state index contributed by atoms with van der Waals surface area (Å²) in [7, 11) is 1.66. The van der Waals surface area contributed by atoms with Crippen LogP contribution in [0.3, 0.4) is 0 Å². The van der Waals surface area contributed by atoms with Crippen LogP contribution in [0.2, 0.25) is 0 Å². The van der Waals surface area contributed by atoms with Crippen LogP contribution in [0.5, 0.6) is 0 Å². The molecular formula is C10H16N2O. The van der Waals surface area contributed by atoms with Crippen LogP contribution in [0.1, 0.15) is 32.2 Å². The molecule has 0 unspecified atom stereocenters. The molecule has 1 heterocycles. The number of hydrogen-bond donors (Lipinski definition) is 0. The maximum absolute atomic E-state index is 4.97. The first kappa shape index (κ1) is 10.1. The van der Waals surface area contributed by atoms with Gasteiger partial charge in [-0.2, -0.15) is 0 Å². The van der Waals surface area contributed by atoms with Crippen molar-refractivity contribution in [2.45, 2.75) is 32.8 Å². The Bertz CT molecular complexity index is 261. The summed E-state index contributed by atoms with van der Waals surface area (Å²) >= 11 is 0. The molecule has 0 aromatic carbocycles. The molecule has 0 radical (unpaired) electrons. The van der Waals surface area contributed by atoms with Gasteiger partial charge in [0.15, 0.2) is 0 Å². The summed E-state index contributed by atoms with van der Waals surface area (Å²) in [5.74, 6) is 0.868. The Hall–Kier alpha value is -0.960. The van der Waals surface area contributed by atoms with E-state index in [9.17, 15) is 0 Å². The van der Waals surface area contributed by atoms with Gasteiger partial charge in [-0.15, -0.1) is 0 Å². The van der Waals surface area contributed by atoms with Gasteiger partial charge in [0.2, 0.25) is 0 Å². The minimum Gasteiger partial charge on any atom is -0.380 e. The summed E-state index contributed by atoms with van der Waals surface area (Å²) in [5, 5.41) is 0. The van der Waals surface area contributed by atoms with Crippen LogP contribution in [0, 0.1) is 0 Å². The average molecular weight is 180 g/mol. The van der Waals surface area contributed by atoms with E-state index in [2.05, 4.69) is 30.7 Å². The number of rotatable bonds is 2. The summed E-state index contributed by atoms with van der Waals surface area (Å²) in [6.07, 6.45) is 3.63. The molecule has 3 heteroatoms. The zero-order valence-corrected chi connectivity index (χ0v) is 8.66. The zero-order chi connectivity index (χ0) is 9.90. The van der Waals surface area contributed by atoms with Crippen molar-refractivity contribution in [2.75, 3.05) is 7.11 Å². The average Bonchev–Trinajstić information content (AvgIpc) is 2.04. The van der Waals surface area contributed by atoms with Gasteiger partial charge < -0.3 is 4.74 Å². The fraction of sp³-hybridized carbons (Fsp3) is 0.600. The largest absolute Gasteiger partial charge is 0.380 e. The normalized spacial score (nSPS) is 11.7. The number of nitrogens with zero attached hydrogens (tertiary/aromatic N) is 2. The third kappa shape index (κ3) is 2.77. The summed E-state index contributed by atoms with van der Waals surface area (Å²) in [4.78, 5) is 8.55. The highest BCUT2D eigenvalue weighted by Crippen LogP contribution is 2.16. The van der Waals surface area contributed by atoms with E-state index in [1.54, 1.807) is 7.11 Å². The molecule has 0 N–H and O–H groups in total. The van der Waals surface area contributed by atoms with Gasteiger partial charge in [-0.25, -0.2) is 9.97 Å². The second-order valence-electron chi connectivity index (χ2n) is 4.10. The van der Waals surface area contributed by atoms with Gasteiger partial charge in [-0.05, 0) is 0 Å². The highest BCUT2D eigenvalue weighted by Gasteiger charge is 2.16. The zero-order valence-electron chi connectivity index (χ0n) is 8.66. The van der Waals surface area contributed by atoms with Crippen molar-refractivity contribution < 1.29 is 4.74 Å². The molecule has 13 heavy (non-hydrogen) atoms. The van der Waals surface area contributed by atoms with Crippen molar-refractivity contribution >= 4 is 0 Å². The van der Waals surface area contributed by atoms with Crippen LogP contribution >= 0.6 is 0 Å². The van der Waals surface area contributed by atoms with Crippen molar-refractivity contribution in [3.63, 3.8) is 0 Å². The van der Waals surface area contributed by atoms with Gasteiger partial charge >= 0.3 is 0 Å². The van der Waals surface area contributed by atoms with Gasteiger partial charge in [-0.1, -0.05) is 20.8 Å². The Labute approximate surface area is 79.2 Å². The molecular weight excluding hydrogens is 164 g/mol. The highest BCUT2D eigenvalue weighted by molar-refractivity contribution is 5.08. The molecule has 0 spiro atoms. The molecule has 72 valence electrons. The number of methoxy groups -OCH3 is 1. The second-order valence-corrected chi connectivity index (χ2v) is 4.10. The Balaban J connectivity index is 2.81. The molecule has 0 amide bonds. The molecule has 0 aliphatic heterocycles. The SMILES string of the molecule is COCc1cnc(C(C)(C)C)nc1. The van der Waals surface area contributed by atoms with Crippen molar-refractivity contribution in [2.24, 2.45) is 0 Å². The van der Waals surface area contributed by atoms with Crippen molar-refractivity contribution in [1.29, 1.82) is 0 Å². The van der Waals surface area contributed by atoms with Crippen LogP contribution < -0.4 is 0 Å². The van der Waals surface area contributed by atoms with Crippen LogP contribution in [0.15, 0.2) is 12.4 Å². The Morgan fingerprint density at radius 3 is 2.15 bits per heavy atom. The van der Waals surface area contributed by atoms with Crippen LogP contribution in [0.25, 0.3) is 0 Å². The number of ether oxygens (including phenoxy) is 1. The third-order valence-electron chi connectivity index (χ3n) is 1.69. The first-order valence-electron chi connectivity index (χ1n) is 4.34. The van der Waals surface area contributed by atoms with Crippen molar-refractivity contribution in [3.05, 3.63) is 23.8 Å². The molecule has 0 aliphatic rings. The molecule has 1 rings (SSSR count). The van der Waals surface area contributed by atoms with Crippen molar-refractivity contribution in [1.82, 2.24) is 9.97 Å². The fourth-order valence-electron chi connectivity index (χ4n) is 0.983. The van der Waals surface area contributed by atoms with Gasteiger partial charge in [0.1, 0.15) is 5.82 Å². The summed E-state index contributed by atoms with van der Waals surface area (Å²) in [6.45, 7) is 6.86. The van der Waals surface area contributed by atoms with E-state index in [-0.39, 0.29) is 5.41 Å². The third-order valence-corrected chi connectivity index (χ3v) is 1.69. The molecule has 1 aromatic rings. The fourth-order valence-corrected chi connectivity index (χ4v) is 0.983. The lowest BCUT2D eigenvalue weighted by molar-refractivity contribution is 0.184. The first-order chi connectivity index (χ1) is 6.04. The standard InChI is InChI=1S/C10H16N2O/c1-10(2,3)9-11-5-8(6-12-9)7-13-4/h5-6H,7H2,1-4H3. The maximum atomic E-state index is 4.97. The van der Waals surface area contributed by atoms with Gasteiger partial charge in [0, 0.05) is 30.5 Å². The maximum Gasteiger partial charge on any atom is 0.133 e. The van der Waals surface area contributed by atoms with Gasteiger partial charge in [-0.3, -0.25) is 0 Å². The molecule has 0 fully saturated rings. The molecule has 0 saturated heterocycles. The smallest absolute Gasteiger partial charge is 0.133 e. The van der Waals surface area contributed by atoms with E-state index in [1.807, 2.05) is 12.4 Å². The molecule has 0 atom stereocenters. The summed E-state index contributed by atoms with van der Waals surface area (Å²) in [5.41, 5.74) is 1.03. The predicted octanol–water partition coefficient (Wildman–Crippen LogP) is 1.92. The predicted molar refractivity (Wildman–Crippen MR) is 51.4 cm³/mol. The lowest BCUT2D eigenvalue weighted by atomic mass is 9.96. The molecule has 0 saturated carbocycles. The van der Waals surface area contributed by atoms with Gasteiger partial charge in [0.25, 0.3) is 0 Å². The van der Waals surface area contributed by atoms with Crippen LogP contribution in [-0.4, -0.2) is 17.1 Å². The van der Waals surface area contributed by atoms with E-state index in [4.69, 9.17) is 4.74 Å². The quantitative estimate of drug-likeness (QED) is 0.697. The Morgan fingerprint density at radius 2 is 1.77 bits per heavy atom. The minimum atomic E-state index is 0.0194. The van der Waals surface area contributed by atoms with Crippen LogP contribution in [-0.2, 0) is 16.8 Å². The van der Waals surface area contributed by atoms with E-state index in [0.717, 1.165) is 11.4 Å². The second kappa shape index (κ2) is 3.83. The van der Waals surface area contributed by atoms with E-state index < -0.39 is 0 Å². The molecule has 0 aliphatic carbocycles. The summed E-state index contributed by atoms with van der Waals surface area (Å²) in [6, 6.07) is 0. The first-order valence-corrected chi connectivity index (χ1v) is 4.34. The molecule has 1 aromatic heterocycles. The monoisotopic (exact) mass is 180 g/mol. The van der Waals surface area contributed by atoms with E-state index in [0.29, 0.717) is 6.61 Å². The Morgan fingerprint density at radius 1 is 1.23 bits per heavy atom. The molecule has 3 nitrogen and oxygen atoms in total. The van der Waals surface area contributed by atoms with E-state index in [1.165, 1.54) is 0 Å². The van der Waals surface area contributed by atoms with Crippen molar-refractivity contribution in [3.8, 4) is 0 Å². The lowest BCUT2D eigenvalue weighted by Crippen LogP contribution is -2.15. The number of hydrogen-bond acceptors (Lipinski definition) is 3. The van der Waals surface area contributed by atoms with Crippen LogP contribution in [0.4, 0.5) is 0 Å². The van der Waals surface area contributed by atoms with E-state index >= 15 is 0 Å². The highest BCUT2D eigenvalue weighted by atomic mass is 16.5. The minimum absolute atomic E-state index is 0.0194. The lowest BCUT2D eigenvalue weighted by Gasteiger charge is -2.15.